The van der Waals surface area contributed by atoms with Gasteiger partial charge in [-0.05, 0) is 149 Å². The largest absolute Gasteiger partial charge is 0.481 e. The normalized spacial score (nSPS) is 19.3. The van der Waals surface area contributed by atoms with Crippen LogP contribution in [0.3, 0.4) is 0 Å². The number of aromatic nitrogens is 1. The number of carboxylic acid groups (broad SMARTS) is 1. The Morgan fingerprint density at radius 1 is 0.508 bits per heavy atom. The molecule has 0 aliphatic carbocycles. The van der Waals surface area contributed by atoms with Gasteiger partial charge in [0.2, 0.25) is 100 Å². The summed E-state index contributed by atoms with van der Waals surface area (Å²) in [4.78, 5) is 259. The fourth-order valence-corrected chi connectivity index (χ4v) is 15.8. The first-order valence-corrected chi connectivity index (χ1v) is 44.2. The molecule has 0 radical (unpaired) electrons. The van der Waals surface area contributed by atoms with E-state index in [0.717, 1.165) is 33.2 Å². The van der Waals surface area contributed by atoms with Gasteiger partial charge < -0.3 is 120 Å². The number of fused-ring (bicyclic) bond motifs is 1. The average molecular weight is 1830 g/mol. The van der Waals surface area contributed by atoms with Crippen LogP contribution in [0.5, 0.6) is 0 Å². The molecule has 41 nitrogen and oxygen atoms in total. The van der Waals surface area contributed by atoms with Crippen LogP contribution in [-0.2, 0) is 99.1 Å². The number of carbonyl (C=O) groups is 18. The van der Waals surface area contributed by atoms with E-state index in [1.54, 1.807) is 33.9 Å². The molecule has 4 heterocycles. The molecule has 3 aromatic rings. The highest BCUT2D eigenvalue weighted by Gasteiger charge is 2.51. The van der Waals surface area contributed by atoms with Crippen molar-refractivity contribution in [3.05, 3.63) is 71.9 Å². The van der Waals surface area contributed by atoms with Crippen molar-refractivity contribution < 1.29 is 112 Å². The fraction of sp³-hybridized carbons (Fsp3) is 0.640. The minimum Gasteiger partial charge on any atom is -0.481 e. The number of β-amino-alcohol motifs (C(OH)–C–C–N with tert-alkyl or cyclic N) is 2. The molecule has 17 amide bonds. The number of para-hydroxylation sites is 1. The Morgan fingerprint density at radius 3 is 1.55 bits per heavy atom. The Morgan fingerprint density at radius 2 is 1.02 bits per heavy atom. The topological polar surface area (TPSA) is 616 Å². The summed E-state index contributed by atoms with van der Waals surface area (Å²) in [7, 11) is 0. The van der Waals surface area contributed by atoms with Gasteiger partial charge in [-0.15, -0.1) is 0 Å². The van der Waals surface area contributed by atoms with Gasteiger partial charge in [0.25, 0.3) is 0 Å². The summed E-state index contributed by atoms with van der Waals surface area (Å²) in [6, 6.07) is 1.26. The fourth-order valence-electron chi connectivity index (χ4n) is 15.8. The predicted octanol–water partition coefficient (Wildman–Crippen LogP) is -2.12. The number of amides is 17. The van der Waals surface area contributed by atoms with Crippen LogP contribution < -0.4 is 74.9 Å². The highest BCUT2D eigenvalue weighted by molar-refractivity contribution is 6.04. The van der Waals surface area contributed by atoms with Crippen molar-refractivity contribution in [1.29, 1.82) is 0 Å². The second kappa shape index (κ2) is 46.2. The second-order valence-electron chi connectivity index (χ2n) is 37.4. The molecule has 16 unspecified atom stereocenters. The molecule has 0 spiro atoms. The first-order chi connectivity index (χ1) is 60.5. The van der Waals surface area contributed by atoms with Gasteiger partial charge in [-0.25, -0.2) is 0 Å². The Kier molecular flexibility index (Phi) is 38.0. The minimum atomic E-state index is -1.98. The Bertz CT molecular complexity index is 4610. The Balaban J connectivity index is 1.08. The number of nitrogens with two attached hydrogens (primary N) is 1. The van der Waals surface area contributed by atoms with Crippen LogP contribution in [-0.4, -0.2) is 290 Å². The number of likely N-dealkylation sites (tertiary alicyclic amines) is 3. The lowest BCUT2D eigenvalue weighted by Crippen LogP contribution is -2.66. The molecule has 21 N–H and O–H groups in total. The highest BCUT2D eigenvalue weighted by atomic mass is 16.4. The van der Waals surface area contributed by atoms with Gasteiger partial charge in [-0.1, -0.05) is 103 Å². The lowest BCUT2D eigenvalue weighted by Gasteiger charge is -2.37. The van der Waals surface area contributed by atoms with Crippen LogP contribution >= 0.6 is 0 Å². The van der Waals surface area contributed by atoms with Gasteiger partial charge in [0, 0.05) is 75.8 Å². The van der Waals surface area contributed by atoms with Crippen LogP contribution in [0, 0.1) is 17.8 Å². The van der Waals surface area contributed by atoms with Gasteiger partial charge in [0.15, 0.2) is 0 Å². The van der Waals surface area contributed by atoms with Crippen molar-refractivity contribution in [2.45, 2.75) is 321 Å². The molecule has 0 bridgehead atoms. The summed E-state index contributed by atoms with van der Waals surface area (Å²) in [5, 5.41) is 87.7. The summed E-state index contributed by atoms with van der Waals surface area (Å²) in [6.45, 7) is 24.4. The number of nitrogens with one attached hydrogen (secondary N) is 14. The molecule has 3 aliphatic rings. The monoisotopic (exact) mass is 1830 g/mol. The number of aliphatic hydroxyl groups excluding tert-OH is 4. The van der Waals surface area contributed by atoms with Gasteiger partial charge >= 0.3 is 5.97 Å². The molecule has 6 rings (SSSR count). The van der Waals surface area contributed by atoms with Crippen molar-refractivity contribution >= 4 is 117 Å². The molecule has 2 aromatic carbocycles. The maximum atomic E-state index is 14.8. The molecule has 3 fully saturated rings. The molecular weight excluding hydrogens is 1690 g/mol. The molecular formula is C89H136N18O23. The van der Waals surface area contributed by atoms with E-state index in [1.807, 2.05) is 54.6 Å². The lowest BCUT2D eigenvalue weighted by molar-refractivity contribution is -0.148. The maximum Gasteiger partial charge on any atom is 0.303 e. The van der Waals surface area contributed by atoms with Crippen LogP contribution in [0.25, 0.3) is 10.9 Å². The van der Waals surface area contributed by atoms with E-state index in [4.69, 9.17) is 5.73 Å². The number of aliphatic hydroxyl groups is 4. The van der Waals surface area contributed by atoms with Crippen molar-refractivity contribution in [1.82, 2.24) is 88.8 Å². The number of nitrogens with zero attached hydrogens (tertiary/aromatic N) is 3. The van der Waals surface area contributed by atoms with Crippen LogP contribution in [0.1, 0.15) is 206 Å². The number of carbonyl (C=O) groups excluding carboxylic acids is 17. The highest BCUT2D eigenvalue weighted by Crippen LogP contribution is 2.29. The second-order valence-corrected chi connectivity index (χ2v) is 37.4. The molecule has 3 saturated heterocycles. The summed E-state index contributed by atoms with van der Waals surface area (Å²) < 4.78 is 0. The summed E-state index contributed by atoms with van der Waals surface area (Å²) in [5.74, 6) is -18.1. The predicted molar refractivity (Wildman–Crippen MR) is 474 cm³/mol. The summed E-state index contributed by atoms with van der Waals surface area (Å²) in [6.07, 6.45) is -4.29. The third-order valence-electron chi connectivity index (χ3n) is 23.7. The van der Waals surface area contributed by atoms with Gasteiger partial charge in [-0.2, -0.15) is 0 Å². The zero-order valence-corrected chi connectivity index (χ0v) is 77.6. The van der Waals surface area contributed by atoms with Crippen LogP contribution in [0.15, 0.2) is 60.8 Å². The van der Waals surface area contributed by atoms with E-state index in [2.05, 4.69) is 74.1 Å². The zero-order chi connectivity index (χ0) is 97.7. The molecule has 720 valence electrons. The number of primary amides is 1. The molecule has 41 heteroatoms. The van der Waals surface area contributed by atoms with E-state index < -0.39 is 276 Å². The first kappa shape index (κ1) is 107. The molecule has 0 saturated carbocycles. The Hall–Kier alpha value is -11.7. The number of rotatable bonds is 46. The van der Waals surface area contributed by atoms with E-state index in [-0.39, 0.29) is 44.8 Å². The number of H-pyrrole nitrogens is 1. The van der Waals surface area contributed by atoms with Crippen LogP contribution in [0.2, 0.25) is 0 Å². The molecule has 1 aromatic heterocycles. The quantitative estimate of drug-likeness (QED) is 0.0288. The van der Waals surface area contributed by atoms with E-state index in [9.17, 15) is 112 Å². The van der Waals surface area contributed by atoms with Gasteiger partial charge in [0.1, 0.15) is 88.1 Å². The van der Waals surface area contributed by atoms with Crippen molar-refractivity contribution in [3.63, 3.8) is 0 Å². The van der Waals surface area contributed by atoms with Crippen molar-refractivity contribution in [2.75, 3.05) is 26.2 Å². The molecule has 16 atom stereocenters. The maximum absolute atomic E-state index is 14.8. The van der Waals surface area contributed by atoms with Crippen LogP contribution in [0.4, 0.5) is 0 Å². The van der Waals surface area contributed by atoms with E-state index in [0.29, 0.717) is 31.2 Å². The number of carboxylic acids is 1. The minimum absolute atomic E-state index is 0.0180. The number of aliphatic carboxylic acids is 1. The third kappa shape index (κ3) is 29.1. The Labute approximate surface area is 756 Å². The average Bonchev–Trinajstić information content (AvgIpc) is 1.62. The number of benzene rings is 2. The number of hydrogen-bond acceptors (Lipinski definition) is 22. The van der Waals surface area contributed by atoms with Crippen molar-refractivity contribution in [3.8, 4) is 0 Å². The summed E-state index contributed by atoms with van der Waals surface area (Å²) >= 11 is 0. The third-order valence-corrected chi connectivity index (χ3v) is 23.7. The SMILES string of the molecule is CCC(C)C(NC(=O)C(Cc1c[nH]c2ccccc12)NC(C)=O)C(=O)NC(CCC(=O)O)C(=O)NC(C)(CC)C(=O)NC(C(=O)NC(C(=O)NC(C)(C)C(=O)NC(CC(C)C)C(=O)NC(C)(C)C(=O)N1CC(O)CC1C(=O)NC(CCC(N)=O)C(=O)NC(C)(C)C(=O)N1CC(O)CC1C(=O)NC(C)(C)C(=O)N1CCCC1C(=O)NC(CO)Cc1ccccc1)C(C)O)C(C)C. The molecule has 3 aliphatic heterocycles. The molecule has 130 heavy (non-hydrogen) atoms. The number of hydrogen-bond donors (Lipinski definition) is 20. The standard InChI is InChI=1S/C89H136N18O23/c1-19-48(7)68(97-70(116)61(92-50(9)110)39-52-42-91-57-30-25-24-29-56(52)57)78(124)95-59(33-35-66(114)115)72(118)104-89(18,20-2)81(127)99-67(47(5)6)77(123)98-69(49(8)109)79(125)103-85(10,11)80(126)96-60(37-46(3)4)73(119)101-88(16,17)83(129)106-43-54(111)40-63(106)75(121)94-58(32-34-65(90)113)71(117)100-87(14,15)84(130)107-44-55(112)41-64(107)76(122)102-86(12,13)82(128)105-36-26-31-62(105)74(120)93-53(45-108)38-51-27-22-21-23-28-51/h21-25,27-30,42,46-49,53-55,58-64,67-69,91,108-109,111-112H,19-20,26,31-41,43-45H2,1-18H3,(H2,90,113)(H,92,110)(H,93,120)(H,94,121)(H,95,124)(H,96,126)(H,97,116)(H,98,123)(H,99,127)(H,100,117)(H,101,119)(H,102,122)(H,103,125)(H,104,118)(H,114,115). The number of aromatic amines is 1. The first-order valence-electron chi connectivity index (χ1n) is 44.2. The summed E-state index contributed by atoms with van der Waals surface area (Å²) in [5.41, 5.74) is -1.63. The smallest absolute Gasteiger partial charge is 0.303 e. The van der Waals surface area contributed by atoms with Gasteiger partial charge in [-0.3, -0.25) is 86.3 Å². The van der Waals surface area contributed by atoms with Crippen molar-refractivity contribution in [2.24, 2.45) is 23.5 Å². The lowest BCUT2D eigenvalue weighted by atomic mass is 9.93. The van der Waals surface area contributed by atoms with Gasteiger partial charge in [0.05, 0.1) is 31.0 Å². The van der Waals surface area contributed by atoms with E-state index >= 15 is 0 Å². The van der Waals surface area contributed by atoms with E-state index in [1.165, 1.54) is 94.9 Å². The zero-order valence-electron chi connectivity index (χ0n) is 77.6.